The van der Waals surface area contributed by atoms with E-state index in [0.717, 1.165) is 6.42 Å². The average Bonchev–Trinajstić information content (AvgIpc) is 2.24. The Morgan fingerprint density at radius 1 is 1.75 bits per heavy atom. The van der Waals surface area contributed by atoms with Gasteiger partial charge in [0.25, 0.3) is 0 Å². The van der Waals surface area contributed by atoms with Crippen LogP contribution in [0.2, 0.25) is 0 Å². The van der Waals surface area contributed by atoms with E-state index in [1.54, 1.807) is 6.92 Å². The van der Waals surface area contributed by atoms with Crippen molar-refractivity contribution in [3.8, 4) is 0 Å². The van der Waals surface area contributed by atoms with E-state index in [4.69, 9.17) is 6.85 Å². The van der Waals surface area contributed by atoms with Gasteiger partial charge in [-0.15, -0.1) is 0 Å². The highest BCUT2D eigenvalue weighted by Crippen LogP contribution is 2.34. The molecule has 0 fully saturated rings. The number of rotatable bonds is 4. The molecule has 1 aliphatic carbocycles. The van der Waals surface area contributed by atoms with Crippen molar-refractivity contribution in [2.75, 3.05) is 0 Å². The summed E-state index contributed by atoms with van der Waals surface area (Å²) in [4.78, 5) is 0. The van der Waals surface area contributed by atoms with Crippen LogP contribution in [0.1, 0.15) is 66.5 Å². The van der Waals surface area contributed by atoms with Crippen molar-refractivity contribution in [1.29, 1.82) is 0 Å². The number of hydrogen-bond acceptors (Lipinski definition) is 1. The second-order valence-electron chi connectivity index (χ2n) is 5.11. The van der Waals surface area contributed by atoms with Gasteiger partial charge in [0, 0.05) is 6.85 Å². The Morgan fingerprint density at radius 3 is 3.06 bits per heavy atom. The van der Waals surface area contributed by atoms with Crippen LogP contribution in [0.15, 0.2) is 23.3 Å². The van der Waals surface area contributed by atoms with Crippen molar-refractivity contribution in [3.05, 3.63) is 23.3 Å². The third-order valence-electron chi connectivity index (χ3n) is 3.23. The van der Waals surface area contributed by atoms with Gasteiger partial charge in [-0.1, -0.05) is 23.3 Å². The molecule has 0 saturated heterocycles. The number of aliphatic hydroxyl groups is 1. The van der Waals surface area contributed by atoms with Crippen LogP contribution in [-0.4, -0.2) is 10.7 Å². The minimum absolute atomic E-state index is 0.0546. The molecular weight excluding hydrogens is 196 g/mol. The predicted octanol–water partition coefficient (Wildman–Crippen LogP) is 4.23. The van der Waals surface area contributed by atoms with Crippen LogP contribution in [0.4, 0.5) is 0 Å². The first-order valence-corrected chi connectivity index (χ1v) is 5.93. The molecule has 0 aromatic heterocycles. The first-order valence-electron chi connectivity index (χ1n) is 8.43. The summed E-state index contributed by atoms with van der Waals surface area (Å²) in [6.07, 6.45) is 3.40. The summed E-state index contributed by atoms with van der Waals surface area (Å²) in [5.74, 6) is -0.260. The molecule has 1 N–H and O–H groups in total. The minimum Gasteiger partial charge on any atom is -0.390 e. The van der Waals surface area contributed by atoms with E-state index < -0.39 is 18.8 Å². The molecule has 0 saturated carbocycles. The minimum atomic E-state index is -2.40. The number of allylic oxidation sites excluding steroid dienone is 4. The zero-order valence-electron chi connectivity index (χ0n) is 15.5. The van der Waals surface area contributed by atoms with Crippen molar-refractivity contribution in [1.82, 2.24) is 0 Å². The third kappa shape index (κ3) is 4.13. The Balaban J connectivity index is 2.84. The fourth-order valence-electron chi connectivity index (χ4n) is 1.98. The fourth-order valence-corrected chi connectivity index (χ4v) is 1.98. The van der Waals surface area contributed by atoms with Crippen LogP contribution in [-0.2, 0) is 0 Å². The summed E-state index contributed by atoms with van der Waals surface area (Å²) in [5, 5.41) is 10.6. The zero-order valence-corrected chi connectivity index (χ0v) is 10.5. The summed E-state index contributed by atoms with van der Waals surface area (Å²) >= 11 is 0. The second-order valence-corrected chi connectivity index (χ2v) is 5.11. The average molecular weight is 227 g/mol. The molecule has 0 amide bonds. The maximum Gasteiger partial charge on any atom is 0.0653 e. The van der Waals surface area contributed by atoms with E-state index >= 15 is 0 Å². The van der Waals surface area contributed by atoms with Crippen LogP contribution in [0.25, 0.3) is 0 Å². The fraction of sp³-hybridized carbons (Fsp3) is 0.733. The Morgan fingerprint density at radius 2 is 2.50 bits per heavy atom. The second kappa shape index (κ2) is 5.67. The smallest absolute Gasteiger partial charge is 0.0653 e. The summed E-state index contributed by atoms with van der Waals surface area (Å²) in [6, 6.07) is 0. The Hall–Kier alpha value is -0.560. The number of hydrogen-bond donors (Lipinski definition) is 1. The summed E-state index contributed by atoms with van der Waals surface area (Å²) in [5.41, 5.74) is 0.0801. The Labute approximate surface area is 107 Å². The van der Waals surface area contributed by atoms with Crippen LogP contribution in [0, 0.1) is 5.92 Å². The van der Waals surface area contributed by atoms with Gasteiger partial charge < -0.3 is 5.11 Å². The third-order valence-corrected chi connectivity index (χ3v) is 3.23. The molecule has 1 heteroatoms. The first-order chi connectivity index (χ1) is 9.36. The quantitative estimate of drug-likeness (QED) is 0.713. The summed E-state index contributed by atoms with van der Waals surface area (Å²) < 4.78 is 38.3. The van der Waals surface area contributed by atoms with E-state index in [2.05, 4.69) is 6.08 Å². The highest BCUT2D eigenvalue weighted by atomic mass is 16.3. The molecule has 1 nitrogen and oxygen atoms in total. The largest absolute Gasteiger partial charge is 0.390 e. The van der Waals surface area contributed by atoms with Crippen molar-refractivity contribution < 1.29 is 12.0 Å². The molecule has 0 unspecified atom stereocenters. The lowest BCUT2D eigenvalue weighted by molar-refractivity contribution is -0.0122. The van der Waals surface area contributed by atoms with Crippen LogP contribution >= 0.6 is 0 Å². The van der Waals surface area contributed by atoms with E-state index in [0.29, 0.717) is 12.8 Å². The molecule has 0 aliphatic heterocycles. The highest BCUT2D eigenvalue weighted by molar-refractivity contribution is 5.06. The monoisotopic (exact) mass is 227 g/mol. The summed E-state index contributed by atoms with van der Waals surface area (Å²) in [6.45, 7) is 3.32. The lowest BCUT2D eigenvalue weighted by Crippen LogP contribution is -2.35. The molecule has 1 rings (SSSR count). The van der Waals surface area contributed by atoms with Gasteiger partial charge in [0.05, 0.1) is 5.60 Å². The topological polar surface area (TPSA) is 20.2 Å². The van der Waals surface area contributed by atoms with E-state index in [1.807, 2.05) is 13.8 Å². The molecule has 0 heterocycles. The molecule has 2 atom stereocenters. The maximum absolute atomic E-state index is 10.6. The van der Waals surface area contributed by atoms with Gasteiger partial charge in [-0.05, 0) is 65.6 Å². The van der Waals surface area contributed by atoms with Gasteiger partial charge in [0.15, 0.2) is 0 Å². The molecular formula is C15H26O. The van der Waals surface area contributed by atoms with Crippen LogP contribution in [0.5, 0.6) is 0 Å². The standard InChI is InChI=1S/C15H26O/c1-12(2)6-5-11-15(4,16)14-9-7-13(3)8-10-14/h6-7,14,16H,5,8-11H2,1-4H3/t14-,15+/m0/s1/i3D3,8D2. The maximum atomic E-state index is 10.6. The SMILES string of the molecule is [2H]C([2H])([2H])C1=CC[C@H]([C@](C)(O)CCC=C(C)C)CC1([2H])[2H]. The van der Waals surface area contributed by atoms with Crippen molar-refractivity contribution >= 4 is 0 Å². The van der Waals surface area contributed by atoms with E-state index in [9.17, 15) is 5.11 Å². The molecule has 16 heavy (non-hydrogen) atoms. The lowest BCUT2D eigenvalue weighted by atomic mass is 9.76. The van der Waals surface area contributed by atoms with Gasteiger partial charge in [-0.2, -0.15) is 0 Å². The highest BCUT2D eigenvalue weighted by Gasteiger charge is 2.31. The molecule has 0 aromatic rings. The molecule has 0 radical (unpaired) electrons. The normalized spacial score (nSPS) is 33.1. The van der Waals surface area contributed by atoms with Crippen LogP contribution < -0.4 is 0 Å². The molecule has 92 valence electrons. The van der Waals surface area contributed by atoms with Gasteiger partial charge >= 0.3 is 0 Å². The Kier molecular flexibility index (Phi) is 2.73. The molecule has 0 aromatic carbocycles. The van der Waals surface area contributed by atoms with Crippen LogP contribution in [0.3, 0.4) is 0 Å². The predicted molar refractivity (Wildman–Crippen MR) is 70.4 cm³/mol. The first kappa shape index (κ1) is 7.71. The van der Waals surface area contributed by atoms with Crippen molar-refractivity contribution in [2.24, 2.45) is 5.92 Å². The van der Waals surface area contributed by atoms with Crippen molar-refractivity contribution in [3.63, 3.8) is 0 Å². The lowest BCUT2D eigenvalue weighted by Gasteiger charge is -2.34. The van der Waals surface area contributed by atoms with E-state index in [1.165, 1.54) is 11.6 Å². The molecule has 1 aliphatic rings. The Bertz CT molecular complexity index is 428. The van der Waals surface area contributed by atoms with Gasteiger partial charge in [0.2, 0.25) is 0 Å². The summed E-state index contributed by atoms with van der Waals surface area (Å²) in [7, 11) is 0. The molecule has 0 bridgehead atoms. The van der Waals surface area contributed by atoms with Gasteiger partial charge in [-0.25, -0.2) is 0 Å². The van der Waals surface area contributed by atoms with Gasteiger partial charge in [-0.3, -0.25) is 0 Å². The zero-order chi connectivity index (χ0) is 16.5. The van der Waals surface area contributed by atoms with Crippen molar-refractivity contribution in [2.45, 2.75) is 65.3 Å². The van der Waals surface area contributed by atoms with Gasteiger partial charge in [0.1, 0.15) is 0 Å². The molecule has 0 spiro atoms. The van der Waals surface area contributed by atoms with E-state index in [-0.39, 0.29) is 17.9 Å².